The quantitative estimate of drug-likeness (QED) is 0.523. The molecule has 2 unspecified atom stereocenters. The van der Waals surface area contributed by atoms with E-state index in [1.54, 1.807) is 0 Å². The van der Waals surface area contributed by atoms with Crippen molar-refractivity contribution in [3.05, 3.63) is 99.6 Å². The van der Waals surface area contributed by atoms with Crippen molar-refractivity contribution in [2.24, 2.45) is 5.73 Å². The second kappa shape index (κ2) is 7.97. The Hall–Kier alpha value is -2.50. The Morgan fingerprint density at radius 1 is 1.03 bits per heavy atom. The smallest absolute Gasteiger partial charge is 0.370 e. The van der Waals surface area contributed by atoms with Gasteiger partial charge in [-0.3, -0.25) is 0 Å². The van der Waals surface area contributed by atoms with E-state index in [0.29, 0.717) is 11.6 Å². The lowest BCUT2D eigenvalue weighted by Crippen LogP contribution is -2.18. The lowest BCUT2D eigenvalue weighted by Gasteiger charge is -2.22. The zero-order chi connectivity index (χ0) is 21.5. The van der Waals surface area contributed by atoms with Crippen molar-refractivity contribution >= 4 is 17.3 Å². The highest BCUT2D eigenvalue weighted by Gasteiger charge is 2.32. The summed E-state index contributed by atoms with van der Waals surface area (Å²) >= 11 is 6.15. The first kappa shape index (κ1) is 20.8. The summed E-state index contributed by atoms with van der Waals surface area (Å²) in [6.45, 7) is 0.504. The predicted octanol–water partition coefficient (Wildman–Crippen LogP) is 6.33. The summed E-state index contributed by atoms with van der Waals surface area (Å²) in [6.07, 6.45) is -3.46. The minimum atomic E-state index is -4.32. The van der Waals surface area contributed by atoms with Crippen LogP contribution in [0.25, 0.3) is 0 Å². The average Bonchev–Trinajstić information content (AvgIpc) is 3.04. The summed E-state index contributed by atoms with van der Waals surface area (Å²) < 4.78 is 38.3. The number of hydrogen-bond acceptors (Lipinski definition) is 2. The Bertz CT molecular complexity index is 1050. The van der Waals surface area contributed by atoms with Crippen molar-refractivity contribution in [1.29, 1.82) is 0 Å². The van der Waals surface area contributed by atoms with E-state index in [1.807, 2.05) is 36.2 Å². The molecule has 30 heavy (non-hydrogen) atoms. The molecule has 3 aromatic rings. The number of nitrogens with zero attached hydrogens (tertiary/aromatic N) is 1. The molecule has 0 radical (unpaired) electrons. The lowest BCUT2D eigenvalue weighted by molar-refractivity contribution is -0.137. The number of benzene rings is 3. The molecule has 4 rings (SSSR count). The zero-order valence-electron chi connectivity index (χ0n) is 16.5. The van der Waals surface area contributed by atoms with Crippen molar-refractivity contribution in [2.75, 3.05) is 11.9 Å². The number of anilines is 1. The van der Waals surface area contributed by atoms with Crippen LogP contribution < -0.4 is 10.6 Å². The number of rotatable bonds is 4. The maximum atomic E-state index is 12.8. The Balaban J connectivity index is 1.51. The molecule has 156 valence electrons. The molecule has 0 aliphatic heterocycles. The van der Waals surface area contributed by atoms with Gasteiger partial charge in [-0.15, -0.1) is 0 Å². The third kappa shape index (κ3) is 4.18. The zero-order valence-corrected chi connectivity index (χ0v) is 17.2. The van der Waals surface area contributed by atoms with E-state index in [1.165, 1.54) is 17.7 Å². The molecule has 0 bridgehead atoms. The van der Waals surface area contributed by atoms with Gasteiger partial charge in [-0.1, -0.05) is 41.9 Å². The Morgan fingerprint density at radius 2 is 1.77 bits per heavy atom. The molecule has 0 amide bonds. The van der Waals surface area contributed by atoms with E-state index < -0.39 is 11.7 Å². The van der Waals surface area contributed by atoms with Crippen LogP contribution in [-0.2, 0) is 19.1 Å². The van der Waals surface area contributed by atoms with Crippen LogP contribution in [0.5, 0.6) is 0 Å². The van der Waals surface area contributed by atoms with Crippen LogP contribution in [0.1, 0.15) is 39.8 Å². The van der Waals surface area contributed by atoms with E-state index in [4.69, 9.17) is 17.3 Å². The van der Waals surface area contributed by atoms with Gasteiger partial charge in [0.2, 0.25) is 0 Å². The van der Waals surface area contributed by atoms with E-state index >= 15 is 0 Å². The highest BCUT2D eigenvalue weighted by Crippen LogP contribution is 2.42. The fourth-order valence-corrected chi connectivity index (χ4v) is 4.32. The number of hydrogen-bond donors (Lipinski definition) is 1. The van der Waals surface area contributed by atoms with Gasteiger partial charge in [0.15, 0.2) is 0 Å². The molecule has 2 nitrogen and oxygen atoms in total. The molecule has 0 saturated heterocycles. The van der Waals surface area contributed by atoms with Crippen molar-refractivity contribution in [2.45, 2.75) is 31.1 Å². The standard InChI is InChI=1S/C24H22ClF3N2/c1-30(14-15-5-8-18(9-6-15)24(26,27)28)20-10-7-17-12-21(23(29)22(17)13-20)16-3-2-4-19(25)11-16/h2-11,13,21,23H,12,14,29H2,1H3. The number of alkyl halides is 3. The van der Waals surface area contributed by atoms with E-state index in [0.717, 1.165) is 40.9 Å². The molecule has 2 atom stereocenters. The van der Waals surface area contributed by atoms with Gasteiger partial charge in [-0.25, -0.2) is 0 Å². The molecule has 3 aromatic carbocycles. The Morgan fingerprint density at radius 3 is 2.43 bits per heavy atom. The van der Waals surface area contributed by atoms with Crippen LogP contribution in [0.4, 0.5) is 18.9 Å². The van der Waals surface area contributed by atoms with Gasteiger partial charge in [0.25, 0.3) is 0 Å². The first-order valence-electron chi connectivity index (χ1n) is 9.73. The van der Waals surface area contributed by atoms with Crippen LogP contribution >= 0.6 is 11.6 Å². The van der Waals surface area contributed by atoms with Crippen molar-refractivity contribution in [1.82, 2.24) is 0 Å². The fraction of sp³-hybridized carbons (Fsp3) is 0.250. The number of nitrogens with two attached hydrogens (primary N) is 1. The molecule has 0 aromatic heterocycles. The highest BCUT2D eigenvalue weighted by atomic mass is 35.5. The van der Waals surface area contributed by atoms with Gasteiger partial charge in [0, 0.05) is 36.3 Å². The monoisotopic (exact) mass is 430 g/mol. The van der Waals surface area contributed by atoms with Crippen molar-refractivity contribution in [3.8, 4) is 0 Å². The second-order valence-electron chi connectivity index (χ2n) is 7.83. The normalized spacial score (nSPS) is 18.3. The molecule has 0 fully saturated rings. The van der Waals surface area contributed by atoms with Crippen LogP contribution in [0, 0.1) is 0 Å². The van der Waals surface area contributed by atoms with Crippen LogP contribution in [0.15, 0.2) is 66.7 Å². The molecular formula is C24H22ClF3N2. The molecule has 1 aliphatic rings. The lowest BCUT2D eigenvalue weighted by atomic mass is 9.93. The third-order valence-electron chi connectivity index (χ3n) is 5.78. The molecule has 1 aliphatic carbocycles. The summed E-state index contributed by atoms with van der Waals surface area (Å²) in [7, 11) is 1.92. The maximum absolute atomic E-state index is 12.8. The van der Waals surface area contributed by atoms with Crippen molar-refractivity contribution < 1.29 is 13.2 Å². The third-order valence-corrected chi connectivity index (χ3v) is 6.02. The summed E-state index contributed by atoms with van der Waals surface area (Å²) in [6, 6.07) is 19.2. The second-order valence-corrected chi connectivity index (χ2v) is 8.26. The van der Waals surface area contributed by atoms with E-state index in [9.17, 15) is 13.2 Å². The van der Waals surface area contributed by atoms with E-state index in [2.05, 4.69) is 18.2 Å². The fourth-order valence-electron chi connectivity index (χ4n) is 4.12. The molecule has 0 saturated carbocycles. The van der Waals surface area contributed by atoms with Crippen LogP contribution in [0.3, 0.4) is 0 Å². The Kier molecular flexibility index (Phi) is 5.51. The molecule has 0 spiro atoms. The first-order valence-corrected chi connectivity index (χ1v) is 10.1. The summed E-state index contributed by atoms with van der Waals surface area (Å²) in [4.78, 5) is 2.02. The molecule has 2 N–H and O–H groups in total. The maximum Gasteiger partial charge on any atom is 0.416 e. The van der Waals surface area contributed by atoms with Crippen LogP contribution in [-0.4, -0.2) is 7.05 Å². The molecular weight excluding hydrogens is 409 g/mol. The number of halogens is 4. The topological polar surface area (TPSA) is 29.3 Å². The average molecular weight is 431 g/mol. The molecule has 0 heterocycles. The van der Waals surface area contributed by atoms with Gasteiger partial charge in [0.05, 0.1) is 5.56 Å². The van der Waals surface area contributed by atoms with E-state index in [-0.39, 0.29) is 12.0 Å². The minimum Gasteiger partial charge on any atom is -0.370 e. The number of fused-ring (bicyclic) bond motifs is 1. The van der Waals surface area contributed by atoms with Gasteiger partial charge < -0.3 is 10.6 Å². The molecule has 6 heteroatoms. The predicted molar refractivity (Wildman–Crippen MR) is 115 cm³/mol. The van der Waals surface area contributed by atoms with Crippen LogP contribution in [0.2, 0.25) is 5.02 Å². The highest BCUT2D eigenvalue weighted by molar-refractivity contribution is 6.30. The summed E-state index contributed by atoms with van der Waals surface area (Å²) in [5.74, 6) is 0.175. The summed E-state index contributed by atoms with van der Waals surface area (Å²) in [5, 5.41) is 0.702. The van der Waals surface area contributed by atoms with Gasteiger partial charge >= 0.3 is 6.18 Å². The summed E-state index contributed by atoms with van der Waals surface area (Å²) in [5.41, 5.74) is 11.2. The van der Waals surface area contributed by atoms with Gasteiger partial charge in [-0.2, -0.15) is 13.2 Å². The van der Waals surface area contributed by atoms with Crippen molar-refractivity contribution in [3.63, 3.8) is 0 Å². The largest absolute Gasteiger partial charge is 0.416 e. The SMILES string of the molecule is CN(Cc1ccc(C(F)(F)F)cc1)c1ccc2c(c1)C(N)C(c1cccc(Cl)c1)C2. The van der Waals surface area contributed by atoms with Gasteiger partial charge in [-0.05, 0) is 65.1 Å². The Labute approximate surface area is 179 Å². The first-order chi connectivity index (χ1) is 14.2. The van der Waals surface area contributed by atoms with Gasteiger partial charge in [0.1, 0.15) is 0 Å². The minimum absolute atomic E-state index is 0.127.